The quantitative estimate of drug-likeness (QED) is 0.401. The number of nitrogens with one attached hydrogen (secondary N) is 3. The number of aryl methyl sites for hydroxylation is 1. The molecule has 0 bridgehead atoms. The number of fused-ring (bicyclic) bond motifs is 1. The minimum absolute atomic E-state index is 0.127. The normalized spacial score (nSPS) is 15.7. The van der Waals surface area contributed by atoms with Gasteiger partial charge in [0.2, 0.25) is 0 Å². The molecule has 1 aromatic heterocycles. The second kappa shape index (κ2) is 8.88. The number of amides is 2. The lowest BCUT2D eigenvalue weighted by atomic mass is 10.1. The zero-order chi connectivity index (χ0) is 18.4. The molecule has 1 saturated heterocycles. The third-order valence-electron chi connectivity index (χ3n) is 4.10. The van der Waals surface area contributed by atoms with Gasteiger partial charge in [-0.05, 0) is 19.1 Å². The van der Waals surface area contributed by atoms with Crippen LogP contribution in [-0.4, -0.2) is 79.3 Å². The number of H-pyrrole nitrogens is 1. The van der Waals surface area contributed by atoms with Gasteiger partial charge in [0, 0.05) is 25.3 Å². The molecule has 1 fully saturated rings. The van der Waals surface area contributed by atoms with Crippen molar-refractivity contribution >= 4 is 24.5 Å². The first-order valence-electron chi connectivity index (χ1n) is 8.58. The van der Waals surface area contributed by atoms with E-state index in [1.165, 1.54) is 7.55 Å². The SMILES string of the molecule is Cc1[nH]nc2cccc(OC[C@@H](O)CN[B]NC(=O)N3CCOCC3)c12. The summed E-state index contributed by atoms with van der Waals surface area (Å²) in [5, 5.41) is 23.6. The van der Waals surface area contributed by atoms with Crippen LogP contribution in [0.2, 0.25) is 0 Å². The second-order valence-electron chi connectivity index (χ2n) is 6.07. The standard InChI is InChI=1S/C16H23BN5O4/c1-11-15-13(21-20-11)3-2-4-14(15)26-10-12(23)9-18-17-19-16(24)22-5-7-25-8-6-22/h2-4,12,18,23H,5-10H2,1H3,(H,19,24)(H,20,21)/t12-/m0/s1. The molecule has 0 unspecified atom stereocenters. The molecule has 1 radical (unpaired) electrons. The molecule has 139 valence electrons. The summed E-state index contributed by atoms with van der Waals surface area (Å²) < 4.78 is 10.9. The zero-order valence-electron chi connectivity index (χ0n) is 14.7. The van der Waals surface area contributed by atoms with Crippen LogP contribution in [0.15, 0.2) is 18.2 Å². The van der Waals surface area contributed by atoms with E-state index in [1.807, 2.05) is 25.1 Å². The van der Waals surface area contributed by atoms with E-state index >= 15 is 0 Å². The minimum Gasteiger partial charge on any atom is -0.490 e. The molecule has 0 saturated carbocycles. The number of aliphatic hydroxyl groups is 1. The molecule has 10 heteroatoms. The van der Waals surface area contributed by atoms with E-state index in [2.05, 4.69) is 20.7 Å². The Morgan fingerprint density at radius 2 is 2.31 bits per heavy atom. The highest BCUT2D eigenvalue weighted by atomic mass is 16.5. The molecule has 2 aromatic rings. The molecule has 1 aromatic carbocycles. The van der Waals surface area contributed by atoms with Crippen LogP contribution in [0.3, 0.4) is 0 Å². The van der Waals surface area contributed by atoms with E-state index in [0.717, 1.165) is 16.6 Å². The monoisotopic (exact) mass is 360 g/mol. The second-order valence-corrected chi connectivity index (χ2v) is 6.07. The van der Waals surface area contributed by atoms with Crippen LogP contribution in [0, 0.1) is 6.92 Å². The van der Waals surface area contributed by atoms with Crippen molar-refractivity contribution < 1.29 is 19.4 Å². The lowest BCUT2D eigenvalue weighted by molar-refractivity contribution is 0.0544. The van der Waals surface area contributed by atoms with Crippen LogP contribution in [0.5, 0.6) is 5.75 Å². The van der Waals surface area contributed by atoms with Crippen molar-refractivity contribution in [2.45, 2.75) is 13.0 Å². The van der Waals surface area contributed by atoms with E-state index in [-0.39, 0.29) is 19.2 Å². The zero-order valence-corrected chi connectivity index (χ0v) is 14.7. The van der Waals surface area contributed by atoms with Gasteiger partial charge in [0.05, 0.1) is 30.2 Å². The van der Waals surface area contributed by atoms with Crippen LogP contribution in [0.25, 0.3) is 10.9 Å². The summed E-state index contributed by atoms with van der Waals surface area (Å²) in [6.07, 6.45) is -0.728. The molecule has 1 aliphatic rings. The predicted octanol–water partition coefficient (Wildman–Crippen LogP) is -0.223. The molecule has 1 aliphatic heterocycles. The number of carbonyl (C=O) groups is 1. The smallest absolute Gasteiger partial charge is 0.350 e. The van der Waals surface area contributed by atoms with Gasteiger partial charge < -0.3 is 29.9 Å². The molecule has 2 heterocycles. The van der Waals surface area contributed by atoms with E-state index in [9.17, 15) is 9.90 Å². The first kappa shape index (κ1) is 18.5. The van der Waals surface area contributed by atoms with Gasteiger partial charge in [0.25, 0.3) is 0 Å². The van der Waals surface area contributed by atoms with E-state index in [1.54, 1.807) is 4.90 Å². The topological polar surface area (TPSA) is 112 Å². The summed E-state index contributed by atoms with van der Waals surface area (Å²) in [5.74, 6) is 0.678. The van der Waals surface area contributed by atoms with Gasteiger partial charge >= 0.3 is 13.6 Å². The Balaban J connectivity index is 1.37. The van der Waals surface area contributed by atoms with Gasteiger partial charge in [-0.1, -0.05) is 6.07 Å². The van der Waals surface area contributed by atoms with E-state index in [0.29, 0.717) is 32.1 Å². The first-order valence-corrected chi connectivity index (χ1v) is 8.58. The number of urea groups is 1. The molecule has 0 spiro atoms. The summed E-state index contributed by atoms with van der Waals surface area (Å²) in [5.41, 5.74) is 1.74. The number of morpholine rings is 1. The first-order chi connectivity index (χ1) is 12.6. The molecule has 9 nitrogen and oxygen atoms in total. The number of carbonyl (C=O) groups excluding carboxylic acids is 1. The van der Waals surface area contributed by atoms with Crippen molar-refractivity contribution in [3.63, 3.8) is 0 Å². The highest BCUT2D eigenvalue weighted by molar-refractivity contribution is 6.33. The maximum absolute atomic E-state index is 11.9. The Labute approximate surface area is 152 Å². The molecule has 4 N–H and O–H groups in total. The summed E-state index contributed by atoms with van der Waals surface area (Å²) in [6.45, 7) is 4.57. The fourth-order valence-corrected chi connectivity index (χ4v) is 2.72. The maximum Gasteiger partial charge on any atom is 0.350 e. The highest BCUT2D eigenvalue weighted by Gasteiger charge is 2.16. The van der Waals surface area contributed by atoms with E-state index < -0.39 is 6.10 Å². The number of benzene rings is 1. The van der Waals surface area contributed by atoms with Crippen molar-refractivity contribution in [2.24, 2.45) is 0 Å². The molecule has 1 atom stereocenters. The fourth-order valence-electron chi connectivity index (χ4n) is 2.72. The molecular formula is C16H23BN5O4. The maximum atomic E-state index is 11.9. The van der Waals surface area contributed by atoms with Gasteiger partial charge in [0.15, 0.2) is 0 Å². The number of rotatable bonds is 7. The van der Waals surface area contributed by atoms with Gasteiger partial charge in [-0.2, -0.15) is 5.10 Å². The summed E-state index contributed by atoms with van der Waals surface area (Å²) >= 11 is 0. The molecule has 2 amide bonds. The van der Waals surface area contributed by atoms with Crippen LogP contribution in [-0.2, 0) is 4.74 Å². The van der Waals surface area contributed by atoms with Crippen molar-refractivity contribution in [2.75, 3.05) is 39.5 Å². The van der Waals surface area contributed by atoms with Crippen LogP contribution in [0.4, 0.5) is 4.79 Å². The average molecular weight is 360 g/mol. The Morgan fingerprint density at radius 3 is 3.12 bits per heavy atom. The molecular weight excluding hydrogens is 337 g/mol. The molecule has 0 aliphatic carbocycles. The van der Waals surface area contributed by atoms with Crippen molar-refractivity contribution in [1.82, 2.24) is 25.6 Å². The van der Waals surface area contributed by atoms with E-state index in [4.69, 9.17) is 9.47 Å². The lowest BCUT2D eigenvalue weighted by Gasteiger charge is -2.26. The summed E-state index contributed by atoms with van der Waals surface area (Å²) in [7, 11) is 1.43. The number of hydrogen-bond acceptors (Lipinski definition) is 6. The average Bonchev–Trinajstić information content (AvgIpc) is 3.06. The third kappa shape index (κ3) is 4.66. The Bertz CT molecular complexity index is 734. The summed E-state index contributed by atoms with van der Waals surface area (Å²) in [4.78, 5) is 13.6. The van der Waals surface area contributed by atoms with Gasteiger partial charge in [-0.15, -0.1) is 0 Å². The largest absolute Gasteiger partial charge is 0.490 e. The Morgan fingerprint density at radius 1 is 1.50 bits per heavy atom. The fraction of sp³-hybridized carbons (Fsp3) is 0.500. The number of ether oxygens (including phenoxy) is 2. The third-order valence-corrected chi connectivity index (χ3v) is 4.10. The highest BCUT2D eigenvalue weighted by Crippen LogP contribution is 2.26. The van der Waals surface area contributed by atoms with Crippen LogP contribution >= 0.6 is 0 Å². The van der Waals surface area contributed by atoms with Crippen LogP contribution in [0.1, 0.15) is 5.69 Å². The number of hydrogen-bond donors (Lipinski definition) is 4. The van der Waals surface area contributed by atoms with Gasteiger partial charge in [-0.25, -0.2) is 4.79 Å². The molecule has 3 rings (SSSR count). The number of aromatic nitrogens is 2. The van der Waals surface area contributed by atoms with Gasteiger partial charge in [0.1, 0.15) is 12.4 Å². The van der Waals surface area contributed by atoms with Crippen molar-refractivity contribution in [3.05, 3.63) is 23.9 Å². The lowest BCUT2D eigenvalue weighted by Crippen LogP contribution is -2.50. The number of nitrogens with zero attached hydrogens (tertiary/aromatic N) is 2. The minimum atomic E-state index is -0.728. The predicted molar refractivity (Wildman–Crippen MR) is 97.0 cm³/mol. The van der Waals surface area contributed by atoms with Gasteiger partial charge in [-0.3, -0.25) is 5.10 Å². The number of aromatic amines is 1. The summed E-state index contributed by atoms with van der Waals surface area (Å²) in [6, 6.07) is 5.42. The number of aliphatic hydroxyl groups excluding tert-OH is 1. The molecule has 26 heavy (non-hydrogen) atoms. The Hall–Kier alpha value is -2.30. The van der Waals surface area contributed by atoms with Crippen molar-refractivity contribution in [3.8, 4) is 5.75 Å². The van der Waals surface area contributed by atoms with Crippen LogP contribution < -0.4 is 15.2 Å². The van der Waals surface area contributed by atoms with Crippen molar-refractivity contribution in [1.29, 1.82) is 0 Å². The Kier molecular flexibility index (Phi) is 6.32.